The second-order valence-electron chi connectivity index (χ2n) is 7.21. The summed E-state index contributed by atoms with van der Waals surface area (Å²) in [5.41, 5.74) is 1.82. The summed E-state index contributed by atoms with van der Waals surface area (Å²) in [6.45, 7) is 5.55. The number of benzene rings is 1. The number of esters is 2. The molecule has 0 radical (unpaired) electrons. The second kappa shape index (κ2) is 10.1. The van der Waals surface area contributed by atoms with Crippen molar-refractivity contribution in [1.82, 2.24) is 4.98 Å². The van der Waals surface area contributed by atoms with Crippen LogP contribution in [-0.2, 0) is 14.3 Å². The molecule has 1 aliphatic rings. The fraction of sp³-hybridized carbons (Fsp3) is 0.391. The van der Waals surface area contributed by atoms with Crippen LogP contribution in [-0.4, -0.2) is 54.9 Å². The molecule has 9 heteroatoms. The van der Waals surface area contributed by atoms with Gasteiger partial charge in [-0.1, -0.05) is 0 Å². The van der Waals surface area contributed by atoms with Crippen molar-refractivity contribution in [2.75, 3.05) is 26.4 Å². The second-order valence-corrected chi connectivity index (χ2v) is 7.21. The van der Waals surface area contributed by atoms with Crippen LogP contribution >= 0.6 is 0 Å². The predicted molar refractivity (Wildman–Crippen MR) is 113 cm³/mol. The fourth-order valence-corrected chi connectivity index (χ4v) is 3.44. The standard InChI is InChI=1S/C23H25NO8/c1-4-29-23(28)22-13(2)21(14(3)24-22)17(26)12-32-20(27)8-6-16(25)15-5-7-18-19(11-15)31-10-9-30-18/h5,7,11,24H,4,6,8-10,12H2,1-3H3. The van der Waals surface area contributed by atoms with Gasteiger partial charge in [-0.05, 0) is 44.5 Å². The number of ketones is 2. The Hall–Kier alpha value is -3.62. The number of nitrogens with one attached hydrogen (secondary N) is 1. The van der Waals surface area contributed by atoms with E-state index in [1.807, 2.05) is 0 Å². The van der Waals surface area contributed by atoms with E-state index in [0.717, 1.165) is 0 Å². The minimum atomic E-state index is -0.666. The number of carbonyl (C=O) groups is 4. The summed E-state index contributed by atoms with van der Waals surface area (Å²) in [6, 6.07) is 4.86. The third-order valence-corrected chi connectivity index (χ3v) is 4.98. The summed E-state index contributed by atoms with van der Waals surface area (Å²) in [5.74, 6) is -0.843. The normalized spacial score (nSPS) is 12.2. The van der Waals surface area contributed by atoms with E-state index in [1.54, 1.807) is 39.0 Å². The van der Waals surface area contributed by atoms with Gasteiger partial charge in [-0.2, -0.15) is 0 Å². The number of H-pyrrole nitrogens is 1. The summed E-state index contributed by atoms with van der Waals surface area (Å²) in [7, 11) is 0. The Morgan fingerprint density at radius 3 is 2.41 bits per heavy atom. The van der Waals surface area contributed by atoms with Crippen LogP contribution in [0.15, 0.2) is 18.2 Å². The number of aromatic nitrogens is 1. The molecule has 0 saturated carbocycles. The van der Waals surface area contributed by atoms with Crippen molar-refractivity contribution in [3.05, 3.63) is 46.3 Å². The van der Waals surface area contributed by atoms with Gasteiger partial charge in [0.2, 0.25) is 5.78 Å². The minimum Gasteiger partial charge on any atom is -0.486 e. The molecule has 0 fully saturated rings. The topological polar surface area (TPSA) is 121 Å². The van der Waals surface area contributed by atoms with Crippen molar-refractivity contribution in [3.8, 4) is 11.5 Å². The molecular formula is C23H25NO8. The molecule has 2 heterocycles. The van der Waals surface area contributed by atoms with E-state index in [4.69, 9.17) is 18.9 Å². The molecule has 1 aromatic heterocycles. The van der Waals surface area contributed by atoms with Gasteiger partial charge in [0.05, 0.1) is 13.0 Å². The van der Waals surface area contributed by atoms with Crippen molar-refractivity contribution >= 4 is 23.5 Å². The summed E-state index contributed by atoms with van der Waals surface area (Å²) in [6.07, 6.45) is -0.235. The van der Waals surface area contributed by atoms with E-state index in [-0.39, 0.29) is 36.5 Å². The number of carbonyl (C=O) groups excluding carboxylic acids is 4. The van der Waals surface area contributed by atoms with Crippen molar-refractivity contribution in [2.24, 2.45) is 0 Å². The van der Waals surface area contributed by atoms with Crippen molar-refractivity contribution in [1.29, 1.82) is 0 Å². The van der Waals surface area contributed by atoms with E-state index in [0.29, 0.717) is 41.5 Å². The molecule has 0 bridgehead atoms. The molecule has 0 spiro atoms. The van der Waals surface area contributed by atoms with E-state index in [9.17, 15) is 19.2 Å². The number of rotatable bonds is 9. The van der Waals surface area contributed by atoms with Gasteiger partial charge in [-0.25, -0.2) is 4.79 Å². The Bertz CT molecular complexity index is 1050. The first-order valence-electron chi connectivity index (χ1n) is 10.3. The molecule has 1 aromatic carbocycles. The van der Waals surface area contributed by atoms with Gasteiger partial charge in [0.25, 0.3) is 0 Å². The Labute approximate surface area is 185 Å². The summed E-state index contributed by atoms with van der Waals surface area (Å²) in [5, 5.41) is 0. The largest absolute Gasteiger partial charge is 0.486 e. The number of hydrogen-bond acceptors (Lipinski definition) is 8. The molecule has 1 N–H and O–H groups in total. The zero-order valence-corrected chi connectivity index (χ0v) is 18.2. The maximum atomic E-state index is 12.5. The highest BCUT2D eigenvalue weighted by Crippen LogP contribution is 2.31. The molecule has 32 heavy (non-hydrogen) atoms. The average Bonchev–Trinajstić information content (AvgIpc) is 3.09. The zero-order chi connectivity index (χ0) is 23.3. The highest BCUT2D eigenvalue weighted by Gasteiger charge is 2.23. The number of aromatic amines is 1. The molecule has 9 nitrogen and oxygen atoms in total. The lowest BCUT2D eigenvalue weighted by Crippen LogP contribution is -2.17. The molecule has 2 aromatic rings. The lowest BCUT2D eigenvalue weighted by Gasteiger charge is -2.18. The predicted octanol–water partition coefficient (Wildman–Crippen LogP) is 2.97. The Balaban J connectivity index is 1.52. The van der Waals surface area contributed by atoms with Crippen molar-refractivity contribution < 1.29 is 38.1 Å². The van der Waals surface area contributed by atoms with E-state index >= 15 is 0 Å². The third-order valence-electron chi connectivity index (χ3n) is 4.98. The van der Waals surface area contributed by atoms with Crippen LogP contribution in [0.4, 0.5) is 0 Å². The number of aryl methyl sites for hydroxylation is 1. The molecule has 3 rings (SSSR count). The Morgan fingerprint density at radius 2 is 1.69 bits per heavy atom. The van der Waals surface area contributed by atoms with Crippen LogP contribution in [0.5, 0.6) is 11.5 Å². The van der Waals surface area contributed by atoms with E-state index < -0.39 is 24.3 Å². The highest BCUT2D eigenvalue weighted by molar-refractivity contribution is 6.03. The number of fused-ring (bicyclic) bond motifs is 1. The molecule has 0 saturated heterocycles. The average molecular weight is 443 g/mol. The van der Waals surface area contributed by atoms with Gasteiger partial charge < -0.3 is 23.9 Å². The molecule has 1 aliphatic heterocycles. The molecule has 0 amide bonds. The minimum absolute atomic E-state index is 0.0676. The number of ether oxygens (including phenoxy) is 4. The maximum Gasteiger partial charge on any atom is 0.355 e. The molecular weight excluding hydrogens is 418 g/mol. The van der Waals surface area contributed by atoms with Gasteiger partial charge >= 0.3 is 11.9 Å². The van der Waals surface area contributed by atoms with E-state index in [2.05, 4.69) is 4.98 Å². The quantitative estimate of drug-likeness (QED) is 0.464. The lowest BCUT2D eigenvalue weighted by atomic mass is 10.1. The lowest BCUT2D eigenvalue weighted by molar-refractivity contribution is -0.142. The summed E-state index contributed by atoms with van der Waals surface area (Å²) >= 11 is 0. The van der Waals surface area contributed by atoms with Crippen molar-refractivity contribution in [2.45, 2.75) is 33.6 Å². The van der Waals surface area contributed by atoms with Crippen LogP contribution in [0.1, 0.15) is 62.2 Å². The van der Waals surface area contributed by atoms with Crippen LogP contribution in [0.25, 0.3) is 0 Å². The van der Waals surface area contributed by atoms with Crippen molar-refractivity contribution in [3.63, 3.8) is 0 Å². The Morgan fingerprint density at radius 1 is 0.969 bits per heavy atom. The maximum absolute atomic E-state index is 12.5. The zero-order valence-electron chi connectivity index (χ0n) is 18.2. The van der Waals surface area contributed by atoms with Crippen LogP contribution in [0, 0.1) is 13.8 Å². The van der Waals surface area contributed by atoms with Gasteiger partial charge in [-0.15, -0.1) is 0 Å². The number of hydrogen-bond donors (Lipinski definition) is 1. The monoisotopic (exact) mass is 443 g/mol. The third kappa shape index (κ3) is 5.16. The Kier molecular flexibility index (Phi) is 7.29. The molecule has 0 unspecified atom stereocenters. The van der Waals surface area contributed by atoms with Gasteiger partial charge in [-0.3, -0.25) is 14.4 Å². The smallest absolute Gasteiger partial charge is 0.355 e. The highest BCUT2D eigenvalue weighted by atomic mass is 16.6. The SMILES string of the molecule is CCOC(=O)c1[nH]c(C)c(C(=O)COC(=O)CCC(=O)c2ccc3c(c2)OCCO3)c1C. The number of Topliss-reactive ketones (excluding diaryl/α,β-unsaturated/α-hetero) is 2. The van der Waals surface area contributed by atoms with Crippen LogP contribution in [0.3, 0.4) is 0 Å². The van der Waals surface area contributed by atoms with Crippen LogP contribution in [0.2, 0.25) is 0 Å². The molecule has 170 valence electrons. The summed E-state index contributed by atoms with van der Waals surface area (Å²) in [4.78, 5) is 51.8. The molecule has 0 aliphatic carbocycles. The van der Waals surface area contributed by atoms with Gasteiger partial charge in [0, 0.05) is 23.2 Å². The fourth-order valence-electron chi connectivity index (χ4n) is 3.44. The molecule has 0 atom stereocenters. The van der Waals surface area contributed by atoms with Gasteiger partial charge in [0.15, 0.2) is 23.9 Å². The summed E-state index contributed by atoms with van der Waals surface area (Å²) < 4.78 is 20.9. The first-order valence-corrected chi connectivity index (χ1v) is 10.3. The van der Waals surface area contributed by atoms with E-state index in [1.165, 1.54) is 0 Å². The first-order chi connectivity index (χ1) is 15.3. The first kappa shape index (κ1) is 23.1. The van der Waals surface area contributed by atoms with Gasteiger partial charge in [0.1, 0.15) is 18.9 Å². The van der Waals surface area contributed by atoms with Crippen LogP contribution < -0.4 is 9.47 Å².